The molecule has 6 nitrogen and oxygen atoms in total. The van der Waals surface area contributed by atoms with Gasteiger partial charge >= 0.3 is 0 Å². The van der Waals surface area contributed by atoms with Crippen molar-refractivity contribution in [3.05, 3.63) is 54.1 Å². The minimum Gasteiger partial charge on any atom is -0.497 e. The van der Waals surface area contributed by atoms with E-state index in [9.17, 15) is 9.59 Å². The second-order valence-corrected chi connectivity index (χ2v) is 7.29. The summed E-state index contributed by atoms with van der Waals surface area (Å²) in [6.07, 6.45) is 0. The Balaban J connectivity index is 1.86. The Morgan fingerprint density at radius 3 is 2.00 bits per heavy atom. The maximum Gasteiger partial charge on any atom is 0.282 e. The number of methoxy groups -OCH3 is 1. The molecule has 0 saturated carbocycles. The topological polar surface area (TPSA) is 71.9 Å². The molecule has 3 N–H and O–H groups in total. The summed E-state index contributed by atoms with van der Waals surface area (Å²) in [5, 5.41) is 5.76. The number of anilines is 2. The van der Waals surface area contributed by atoms with Crippen LogP contribution in [0.3, 0.4) is 0 Å². The molecule has 0 aliphatic rings. The maximum absolute atomic E-state index is 12.5. The smallest absolute Gasteiger partial charge is 0.282 e. The van der Waals surface area contributed by atoms with E-state index in [1.807, 2.05) is 38.2 Å². The van der Waals surface area contributed by atoms with Crippen LogP contribution in [0.4, 0.5) is 11.4 Å². The molecule has 0 spiro atoms. The van der Waals surface area contributed by atoms with Gasteiger partial charge in [0, 0.05) is 11.4 Å². The van der Waals surface area contributed by atoms with Crippen molar-refractivity contribution in [3.8, 4) is 5.75 Å². The monoisotopic (exact) mass is 384 g/mol. The van der Waals surface area contributed by atoms with Gasteiger partial charge in [0.1, 0.15) is 5.75 Å². The summed E-state index contributed by atoms with van der Waals surface area (Å²) in [5.41, 5.74) is 2.68. The first kappa shape index (κ1) is 21.4. The number of nitrogens with one attached hydrogen (secondary N) is 3. The van der Waals surface area contributed by atoms with Crippen LogP contribution in [0.1, 0.15) is 32.3 Å². The number of benzene rings is 2. The molecule has 0 bridgehead atoms. The van der Waals surface area contributed by atoms with E-state index in [1.165, 1.54) is 5.56 Å². The minimum absolute atomic E-state index is 0.118. The summed E-state index contributed by atoms with van der Waals surface area (Å²) in [6, 6.07) is 14.6. The third-order valence-electron chi connectivity index (χ3n) is 4.79. The van der Waals surface area contributed by atoms with Crippen molar-refractivity contribution in [2.75, 3.05) is 31.3 Å². The van der Waals surface area contributed by atoms with Crippen LogP contribution in [0, 0.1) is 0 Å². The van der Waals surface area contributed by atoms with Gasteiger partial charge in [-0.1, -0.05) is 26.0 Å². The van der Waals surface area contributed by atoms with E-state index < -0.39 is 0 Å². The third-order valence-corrected chi connectivity index (χ3v) is 4.79. The molecule has 0 radical (unpaired) electrons. The Morgan fingerprint density at radius 1 is 0.929 bits per heavy atom. The van der Waals surface area contributed by atoms with Gasteiger partial charge in [0.2, 0.25) is 0 Å². The van der Waals surface area contributed by atoms with Crippen LogP contribution in [0.2, 0.25) is 0 Å². The Kier molecular flexibility index (Phi) is 7.58. The van der Waals surface area contributed by atoms with Crippen molar-refractivity contribution in [1.29, 1.82) is 0 Å². The third kappa shape index (κ3) is 6.09. The van der Waals surface area contributed by atoms with Crippen LogP contribution in [-0.4, -0.2) is 38.6 Å². The quantitative estimate of drug-likeness (QED) is 0.654. The molecule has 0 heterocycles. The summed E-state index contributed by atoms with van der Waals surface area (Å²) in [6.45, 7) is 6.26. The summed E-state index contributed by atoms with van der Waals surface area (Å²) >= 11 is 0. The number of amides is 2. The van der Waals surface area contributed by atoms with E-state index in [0.717, 1.165) is 16.3 Å². The highest BCUT2D eigenvalue weighted by atomic mass is 16.5. The molecule has 0 aliphatic carbocycles. The second kappa shape index (κ2) is 9.90. The molecule has 2 atom stereocenters. The van der Waals surface area contributed by atoms with Crippen LogP contribution in [0.5, 0.6) is 5.75 Å². The normalized spacial score (nSPS) is 12.9. The summed E-state index contributed by atoms with van der Waals surface area (Å²) in [4.78, 5) is 25.6. The van der Waals surface area contributed by atoms with Gasteiger partial charge in [-0.3, -0.25) is 9.59 Å². The second-order valence-electron chi connectivity index (χ2n) is 7.29. The van der Waals surface area contributed by atoms with Crippen LogP contribution in [-0.2, 0) is 9.59 Å². The van der Waals surface area contributed by atoms with Gasteiger partial charge in [-0.15, -0.1) is 0 Å². The van der Waals surface area contributed by atoms with Gasteiger partial charge in [0.05, 0.1) is 14.2 Å². The zero-order chi connectivity index (χ0) is 20.7. The summed E-state index contributed by atoms with van der Waals surface area (Å²) < 4.78 is 5.10. The SMILES string of the molecule is COc1ccc(NC(=O)C[NH+](C)[C@@H](C)C(=O)Nc2ccc(C(C)C)cc2)cc1. The molecular formula is C22H30N3O3+. The average Bonchev–Trinajstić information content (AvgIpc) is 2.68. The number of carbonyl (C=O) groups excluding carboxylic acids is 2. The highest BCUT2D eigenvalue weighted by Crippen LogP contribution is 2.17. The summed E-state index contributed by atoms with van der Waals surface area (Å²) in [7, 11) is 3.43. The Labute approximate surface area is 166 Å². The number of rotatable bonds is 8. The Hall–Kier alpha value is -2.86. The molecule has 0 aromatic heterocycles. The lowest BCUT2D eigenvalue weighted by Gasteiger charge is -2.20. The number of hydrogen-bond donors (Lipinski definition) is 3. The number of hydrogen-bond acceptors (Lipinski definition) is 3. The van der Waals surface area contributed by atoms with Gasteiger partial charge in [0.25, 0.3) is 11.8 Å². The Bertz CT molecular complexity index is 786. The van der Waals surface area contributed by atoms with Crippen LogP contribution < -0.4 is 20.3 Å². The molecule has 2 aromatic rings. The van der Waals surface area contributed by atoms with Gasteiger partial charge in [0.15, 0.2) is 12.6 Å². The summed E-state index contributed by atoms with van der Waals surface area (Å²) in [5.74, 6) is 0.909. The van der Waals surface area contributed by atoms with Crippen molar-refractivity contribution in [3.63, 3.8) is 0 Å². The van der Waals surface area contributed by atoms with Crippen molar-refractivity contribution < 1.29 is 19.2 Å². The lowest BCUT2D eigenvalue weighted by atomic mass is 10.0. The first-order chi connectivity index (χ1) is 13.3. The predicted molar refractivity (Wildman–Crippen MR) is 112 cm³/mol. The van der Waals surface area contributed by atoms with Crippen LogP contribution >= 0.6 is 0 Å². The fraction of sp³-hybridized carbons (Fsp3) is 0.364. The number of carbonyl (C=O) groups is 2. The number of likely N-dealkylation sites (N-methyl/N-ethyl adjacent to an activating group) is 1. The molecule has 2 rings (SSSR count). The maximum atomic E-state index is 12.5. The van der Waals surface area contributed by atoms with Gasteiger partial charge in [-0.25, -0.2) is 0 Å². The lowest BCUT2D eigenvalue weighted by Crippen LogP contribution is -3.14. The van der Waals surface area contributed by atoms with E-state index in [2.05, 4.69) is 24.5 Å². The highest BCUT2D eigenvalue weighted by Gasteiger charge is 2.24. The standard InChI is InChI=1S/C22H29N3O3/c1-15(2)17-6-8-19(9-7-17)24-22(27)16(3)25(4)14-21(26)23-18-10-12-20(28-5)13-11-18/h6-13,15-16H,14H2,1-5H3,(H,23,26)(H,24,27)/p+1/t16-/m0/s1. The fourth-order valence-corrected chi connectivity index (χ4v) is 2.71. The molecular weight excluding hydrogens is 354 g/mol. The Morgan fingerprint density at radius 2 is 1.46 bits per heavy atom. The van der Waals surface area contributed by atoms with E-state index >= 15 is 0 Å². The van der Waals surface area contributed by atoms with Crippen molar-refractivity contribution >= 4 is 23.2 Å². The van der Waals surface area contributed by atoms with Gasteiger partial charge in [-0.2, -0.15) is 0 Å². The van der Waals surface area contributed by atoms with Crippen molar-refractivity contribution in [2.45, 2.75) is 32.7 Å². The van der Waals surface area contributed by atoms with E-state index in [-0.39, 0.29) is 24.4 Å². The van der Waals surface area contributed by atoms with Crippen LogP contribution in [0.15, 0.2) is 48.5 Å². The molecule has 150 valence electrons. The van der Waals surface area contributed by atoms with E-state index in [0.29, 0.717) is 11.6 Å². The highest BCUT2D eigenvalue weighted by molar-refractivity contribution is 5.94. The zero-order valence-corrected chi connectivity index (χ0v) is 17.2. The molecule has 0 aliphatic heterocycles. The largest absolute Gasteiger partial charge is 0.497 e. The van der Waals surface area contributed by atoms with Gasteiger partial charge in [-0.05, 0) is 54.8 Å². The molecule has 6 heteroatoms. The van der Waals surface area contributed by atoms with Gasteiger partial charge < -0.3 is 20.3 Å². The molecule has 0 fully saturated rings. The van der Waals surface area contributed by atoms with E-state index in [1.54, 1.807) is 31.4 Å². The number of ether oxygens (including phenoxy) is 1. The fourth-order valence-electron chi connectivity index (χ4n) is 2.71. The van der Waals surface area contributed by atoms with Crippen molar-refractivity contribution in [1.82, 2.24) is 0 Å². The van der Waals surface area contributed by atoms with Crippen molar-refractivity contribution in [2.24, 2.45) is 0 Å². The molecule has 1 unspecified atom stereocenters. The number of quaternary nitrogens is 1. The van der Waals surface area contributed by atoms with E-state index in [4.69, 9.17) is 4.74 Å². The lowest BCUT2D eigenvalue weighted by molar-refractivity contribution is -0.885. The minimum atomic E-state index is -0.369. The molecule has 0 saturated heterocycles. The average molecular weight is 385 g/mol. The first-order valence-corrected chi connectivity index (χ1v) is 9.47. The molecule has 28 heavy (non-hydrogen) atoms. The molecule has 2 amide bonds. The zero-order valence-electron chi connectivity index (χ0n) is 17.2. The molecule has 2 aromatic carbocycles. The van der Waals surface area contributed by atoms with Crippen LogP contribution in [0.25, 0.3) is 0 Å². The predicted octanol–water partition coefficient (Wildman–Crippen LogP) is 2.30. The first-order valence-electron chi connectivity index (χ1n) is 9.47.